The summed E-state index contributed by atoms with van der Waals surface area (Å²) in [6.07, 6.45) is 0. The van der Waals surface area contributed by atoms with Crippen molar-refractivity contribution in [2.24, 2.45) is 0 Å². The van der Waals surface area contributed by atoms with Gasteiger partial charge in [0.1, 0.15) is 5.82 Å². The topological polar surface area (TPSA) is 66.9 Å². The molecule has 6 nitrogen and oxygen atoms in total. The number of esters is 1. The summed E-state index contributed by atoms with van der Waals surface area (Å²) in [5, 5.41) is 0. The number of piperazine rings is 1. The molecular formula is C18H19FN2O4S. The number of carbonyl (C=O) groups is 1. The van der Waals surface area contributed by atoms with E-state index in [9.17, 15) is 17.6 Å². The van der Waals surface area contributed by atoms with Crippen molar-refractivity contribution < 1.29 is 22.3 Å². The Balaban J connectivity index is 1.76. The summed E-state index contributed by atoms with van der Waals surface area (Å²) < 4.78 is 45.6. The molecule has 0 N–H and O–H groups in total. The average molecular weight is 378 g/mol. The third-order valence-electron chi connectivity index (χ3n) is 4.32. The van der Waals surface area contributed by atoms with Gasteiger partial charge in [0.15, 0.2) is 0 Å². The number of hydrogen-bond acceptors (Lipinski definition) is 5. The predicted octanol–water partition coefficient (Wildman–Crippen LogP) is 2.12. The zero-order valence-electron chi connectivity index (χ0n) is 14.3. The Bertz CT molecular complexity index is 909. The molecule has 1 aliphatic rings. The van der Waals surface area contributed by atoms with Gasteiger partial charge in [-0.25, -0.2) is 17.6 Å². The fraction of sp³-hybridized carbons (Fsp3) is 0.278. The Kier molecular flexibility index (Phi) is 5.24. The largest absolute Gasteiger partial charge is 0.465 e. The van der Waals surface area contributed by atoms with Crippen molar-refractivity contribution in [2.75, 3.05) is 38.2 Å². The molecule has 1 aliphatic heterocycles. The number of hydrogen-bond donors (Lipinski definition) is 0. The Hall–Kier alpha value is -2.45. The molecular weight excluding hydrogens is 359 g/mol. The van der Waals surface area contributed by atoms with E-state index in [1.54, 1.807) is 18.2 Å². The average Bonchev–Trinajstić information content (AvgIpc) is 2.68. The smallest absolute Gasteiger partial charge is 0.337 e. The maximum Gasteiger partial charge on any atom is 0.337 e. The minimum Gasteiger partial charge on any atom is -0.465 e. The van der Waals surface area contributed by atoms with E-state index in [1.807, 2.05) is 4.90 Å². The van der Waals surface area contributed by atoms with Crippen molar-refractivity contribution >= 4 is 21.7 Å². The van der Waals surface area contributed by atoms with E-state index in [2.05, 4.69) is 4.74 Å². The zero-order chi connectivity index (χ0) is 18.7. The Morgan fingerprint density at radius 3 is 2.38 bits per heavy atom. The lowest BCUT2D eigenvalue weighted by Crippen LogP contribution is -2.48. The van der Waals surface area contributed by atoms with Gasteiger partial charge in [0.2, 0.25) is 10.0 Å². The monoisotopic (exact) mass is 378 g/mol. The van der Waals surface area contributed by atoms with Crippen LogP contribution in [-0.2, 0) is 14.8 Å². The highest BCUT2D eigenvalue weighted by Crippen LogP contribution is 2.23. The first kappa shape index (κ1) is 18.3. The van der Waals surface area contributed by atoms with Gasteiger partial charge in [-0.15, -0.1) is 0 Å². The molecule has 0 spiro atoms. The van der Waals surface area contributed by atoms with Crippen LogP contribution in [0.15, 0.2) is 53.4 Å². The quantitative estimate of drug-likeness (QED) is 0.763. The highest BCUT2D eigenvalue weighted by atomic mass is 32.2. The van der Waals surface area contributed by atoms with Gasteiger partial charge in [0.25, 0.3) is 0 Å². The van der Waals surface area contributed by atoms with Crippen LogP contribution in [0.1, 0.15) is 10.4 Å². The molecule has 3 rings (SSSR count). The molecule has 0 saturated carbocycles. The number of sulfonamides is 1. The van der Waals surface area contributed by atoms with E-state index in [1.165, 1.54) is 41.7 Å². The second-order valence-electron chi connectivity index (χ2n) is 5.86. The Morgan fingerprint density at radius 1 is 1.04 bits per heavy atom. The van der Waals surface area contributed by atoms with Gasteiger partial charge in [0, 0.05) is 26.2 Å². The van der Waals surface area contributed by atoms with Crippen molar-refractivity contribution in [3.63, 3.8) is 0 Å². The van der Waals surface area contributed by atoms with Gasteiger partial charge in [-0.2, -0.15) is 4.31 Å². The number of para-hydroxylation sites is 1. The van der Waals surface area contributed by atoms with Crippen molar-refractivity contribution in [3.8, 4) is 0 Å². The van der Waals surface area contributed by atoms with Crippen molar-refractivity contribution in [3.05, 3.63) is 59.9 Å². The second kappa shape index (κ2) is 7.43. The number of ether oxygens (including phenoxy) is 1. The van der Waals surface area contributed by atoms with Crippen LogP contribution in [0.3, 0.4) is 0 Å². The molecule has 0 radical (unpaired) electrons. The van der Waals surface area contributed by atoms with E-state index in [0.29, 0.717) is 18.8 Å². The number of methoxy groups -OCH3 is 1. The lowest BCUT2D eigenvalue weighted by molar-refractivity contribution is 0.0600. The fourth-order valence-electron chi connectivity index (χ4n) is 2.93. The summed E-state index contributed by atoms with van der Waals surface area (Å²) in [5.74, 6) is -0.916. The SMILES string of the molecule is COC(=O)c1cccc(S(=O)(=O)N2CCN(c3ccccc3F)CC2)c1. The molecule has 1 heterocycles. The van der Waals surface area contributed by atoms with E-state index in [4.69, 9.17) is 0 Å². The van der Waals surface area contributed by atoms with E-state index < -0.39 is 16.0 Å². The summed E-state index contributed by atoms with van der Waals surface area (Å²) in [7, 11) is -2.50. The first-order valence-corrected chi connectivity index (χ1v) is 9.55. The third-order valence-corrected chi connectivity index (χ3v) is 6.22. The molecule has 0 atom stereocenters. The molecule has 2 aromatic carbocycles. The predicted molar refractivity (Wildman–Crippen MR) is 95.2 cm³/mol. The van der Waals surface area contributed by atoms with Crippen molar-refractivity contribution in [2.45, 2.75) is 4.90 Å². The van der Waals surface area contributed by atoms with Gasteiger partial charge in [-0.3, -0.25) is 0 Å². The van der Waals surface area contributed by atoms with Crippen LogP contribution in [0.2, 0.25) is 0 Å². The molecule has 0 aliphatic carbocycles. The molecule has 0 aromatic heterocycles. The minimum absolute atomic E-state index is 0.0414. The molecule has 1 saturated heterocycles. The van der Waals surface area contributed by atoms with Crippen LogP contribution in [0, 0.1) is 5.82 Å². The Labute approximate surface area is 151 Å². The van der Waals surface area contributed by atoms with Gasteiger partial charge >= 0.3 is 5.97 Å². The highest BCUT2D eigenvalue weighted by molar-refractivity contribution is 7.89. The maximum absolute atomic E-state index is 13.9. The van der Waals surface area contributed by atoms with Crippen LogP contribution in [-0.4, -0.2) is 52.0 Å². The summed E-state index contributed by atoms with van der Waals surface area (Å²) in [4.78, 5) is 13.5. The van der Waals surface area contributed by atoms with Crippen LogP contribution in [0.5, 0.6) is 0 Å². The number of rotatable bonds is 4. The zero-order valence-corrected chi connectivity index (χ0v) is 15.1. The first-order valence-electron chi connectivity index (χ1n) is 8.11. The van der Waals surface area contributed by atoms with Crippen molar-refractivity contribution in [1.82, 2.24) is 4.31 Å². The summed E-state index contributed by atoms with van der Waals surface area (Å²) in [6, 6.07) is 12.2. The van der Waals surface area contributed by atoms with E-state index in [0.717, 1.165) is 0 Å². The molecule has 26 heavy (non-hydrogen) atoms. The fourth-order valence-corrected chi connectivity index (χ4v) is 4.40. The Morgan fingerprint density at radius 2 is 1.73 bits per heavy atom. The highest BCUT2D eigenvalue weighted by Gasteiger charge is 2.29. The van der Waals surface area contributed by atoms with Crippen LogP contribution in [0.25, 0.3) is 0 Å². The second-order valence-corrected chi connectivity index (χ2v) is 7.80. The van der Waals surface area contributed by atoms with Gasteiger partial charge in [0.05, 0.1) is 23.3 Å². The number of carbonyl (C=O) groups excluding carboxylic acids is 1. The number of nitrogens with zero attached hydrogens (tertiary/aromatic N) is 2. The van der Waals surface area contributed by atoms with Gasteiger partial charge < -0.3 is 9.64 Å². The van der Waals surface area contributed by atoms with Gasteiger partial charge in [-0.1, -0.05) is 18.2 Å². The lowest BCUT2D eigenvalue weighted by Gasteiger charge is -2.35. The summed E-state index contributed by atoms with van der Waals surface area (Å²) in [6.45, 7) is 1.24. The number of halogens is 1. The van der Waals surface area contributed by atoms with E-state index in [-0.39, 0.29) is 29.4 Å². The summed E-state index contributed by atoms with van der Waals surface area (Å²) in [5.41, 5.74) is 0.649. The van der Waals surface area contributed by atoms with Gasteiger partial charge in [-0.05, 0) is 30.3 Å². The molecule has 8 heteroatoms. The molecule has 0 bridgehead atoms. The third kappa shape index (κ3) is 3.56. The lowest BCUT2D eigenvalue weighted by atomic mass is 10.2. The summed E-state index contributed by atoms with van der Waals surface area (Å²) >= 11 is 0. The first-order chi connectivity index (χ1) is 12.4. The number of benzene rings is 2. The normalized spacial score (nSPS) is 15.7. The maximum atomic E-state index is 13.9. The molecule has 0 unspecified atom stereocenters. The molecule has 0 amide bonds. The minimum atomic E-state index is -3.74. The van der Waals surface area contributed by atoms with Crippen LogP contribution in [0.4, 0.5) is 10.1 Å². The standard InChI is InChI=1S/C18H19FN2O4S/c1-25-18(22)14-5-4-6-15(13-14)26(23,24)21-11-9-20(10-12-21)17-8-3-2-7-16(17)19/h2-8,13H,9-12H2,1H3. The molecule has 1 fully saturated rings. The van der Waals surface area contributed by atoms with Crippen LogP contribution < -0.4 is 4.90 Å². The van der Waals surface area contributed by atoms with Crippen LogP contribution >= 0.6 is 0 Å². The number of anilines is 1. The van der Waals surface area contributed by atoms with Crippen molar-refractivity contribution in [1.29, 1.82) is 0 Å². The molecule has 138 valence electrons. The molecule has 2 aromatic rings. The van der Waals surface area contributed by atoms with E-state index >= 15 is 0 Å².